The van der Waals surface area contributed by atoms with Gasteiger partial charge in [0, 0.05) is 19.2 Å². The van der Waals surface area contributed by atoms with Crippen molar-refractivity contribution in [3.8, 4) is 6.07 Å². The van der Waals surface area contributed by atoms with Gasteiger partial charge in [-0.1, -0.05) is 24.3 Å². The first-order valence-corrected chi connectivity index (χ1v) is 7.60. The minimum Gasteiger partial charge on any atom is -0.350 e. The Morgan fingerprint density at radius 2 is 1.79 bits per heavy atom. The highest BCUT2D eigenvalue weighted by Gasteiger charge is 2.15. The zero-order chi connectivity index (χ0) is 17.5. The zero-order valence-corrected chi connectivity index (χ0v) is 13.7. The number of amides is 2. The maximum Gasteiger partial charge on any atom is 0.240 e. The van der Waals surface area contributed by atoms with Crippen LogP contribution in [0.15, 0.2) is 48.5 Å². The molecular weight excluding hydrogens is 302 g/mol. The summed E-state index contributed by atoms with van der Waals surface area (Å²) < 4.78 is 0. The van der Waals surface area contributed by atoms with Crippen molar-refractivity contribution in [3.05, 3.63) is 65.2 Å². The number of hydrogen-bond acceptors (Lipinski definition) is 3. The van der Waals surface area contributed by atoms with Gasteiger partial charge in [0.25, 0.3) is 0 Å². The van der Waals surface area contributed by atoms with Crippen LogP contribution in [0.4, 0.5) is 5.69 Å². The third kappa shape index (κ3) is 4.43. The van der Waals surface area contributed by atoms with E-state index in [0.717, 1.165) is 11.1 Å². The van der Waals surface area contributed by atoms with Gasteiger partial charge in [-0.05, 0) is 42.3 Å². The predicted octanol–water partition coefficient (Wildman–Crippen LogP) is 2.54. The second-order valence-corrected chi connectivity index (χ2v) is 5.47. The van der Waals surface area contributed by atoms with Crippen LogP contribution in [0.1, 0.15) is 23.6 Å². The van der Waals surface area contributed by atoms with Crippen LogP contribution in [-0.4, -0.2) is 18.4 Å². The van der Waals surface area contributed by atoms with Crippen LogP contribution in [0.3, 0.4) is 0 Å². The van der Waals surface area contributed by atoms with E-state index in [0.29, 0.717) is 17.8 Å². The Kier molecular flexibility index (Phi) is 5.69. The van der Waals surface area contributed by atoms with Crippen molar-refractivity contribution in [2.45, 2.75) is 20.4 Å². The molecule has 0 radical (unpaired) electrons. The van der Waals surface area contributed by atoms with E-state index in [-0.39, 0.29) is 18.4 Å². The molecule has 2 rings (SSSR count). The molecule has 0 atom stereocenters. The largest absolute Gasteiger partial charge is 0.350 e. The van der Waals surface area contributed by atoms with Gasteiger partial charge in [-0.15, -0.1) is 0 Å². The van der Waals surface area contributed by atoms with Crippen molar-refractivity contribution in [2.75, 3.05) is 11.4 Å². The van der Waals surface area contributed by atoms with Crippen LogP contribution in [-0.2, 0) is 16.1 Å². The molecule has 5 heteroatoms. The fourth-order valence-electron chi connectivity index (χ4n) is 2.30. The van der Waals surface area contributed by atoms with Crippen molar-refractivity contribution < 1.29 is 9.59 Å². The number of hydrogen-bond donors (Lipinski definition) is 1. The van der Waals surface area contributed by atoms with E-state index in [1.807, 2.05) is 37.3 Å². The van der Waals surface area contributed by atoms with E-state index in [1.165, 1.54) is 11.8 Å². The summed E-state index contributed by atoms with van der Waals surface area (Å²) >= 11 is 0. The average molecular weight is 321 g/mol. The number of rotatable bonds is 5. The second-order valence-electron chi connectivity index (χ2n) is 5.47. The lowest BCUT2D eigenvalue weighted by molar-refractivity contribution is -0.123. The quantitative estimate of drug-likeness (QED) is 0.919. The highest BCUT2D eigenvalue weighted by Crippen LogP contribution is 2.15. The Hall–Kier alpha value is -3.13. The van der Waals surface area contributed by atoms with Crippen LogP contribution < -0.4 is 10.2 Å². The number of aryl methyl sites for hydroxylation is 1. The SMILES string of the molecule is CC(=O)N(CC(=O)NCc1ccccc1C)c1ccc(C#N)cc1. The van der Waals surface area contributed by atoms with Crippen molar-refractivity contribution in [1.82, 2.24) is 5.32 Å². The van der Waals surface area contributed by atoms with E-state index in [2.05, 4.69) is 5.32 Å². The molecule has 0 spiro atoms. The van der Waals surface area contributed by atoms with E-state index < -0.39 is 0 Å². The Morgan fingerprint density at radius 3 is 2.38 bits per heavy atom. The number of nitrogens with zero attached hydrogens (tertiary/aromatic N) is 2. The zero-order valence-electron chi connectivity index (χ0n) is 13.7. The molecule has 0 aliphatic carbocycles. The van der Waals surface area contributed by atoms with Gasteiger partial charge in [0.05, 0.1) is 11.6 Å². The summed E-state index contributed by atoms with van der Waals surface area (Å²) in [6, 6.07) is 16.4. The molecule has 0 unspecified atom stereocenters. The fourth-order valence-corrected chi connectivity index (χ4v) is 2.30. The average Bonchev–Trinajstić information content (AvgIpc) is 2.59. The van der Waals surface area contributed by atoms with Crippen molar-refractivity contribution in [2.24, 2.45) is 0 Å². The molecule has 0 bridgehead atoms. The summed E-state index contributed by atoms with van der Waals surface area (Å²) in [6.07, 6.45) is 0. The number of benzene rings is 2. The molecule has 1 N–H and O–H groups in total. The number of nitriles is 1. The summed E-state index contributed by atoms with van der Waals surface area (Å²) in [5.41, 5.74) is 3.24. The van der Waals surface area contributed by atoms with E-state index in [1.54, 1.807) is 24.3 Å². The van der Waals surface area contributed by atoms with E-state index >= 15 is 0 Å². The third-order valence-electron chi connectivity index (χ3n) is 3.73. The first kappa shape index (κ1) is 17.2. The van der Waals surface area contributed by atoms with Gasteiger partial charge in [-0.3, -0.25) is 9.59 Å². The molecule has 0 saturated heterocycles. The van der Waals surface area contributed by atoms with Crippen LogP contribution in [0.2, 0.25) is 0 Å². The van der Waals surface area contributed by atoms with Gasteiger partial charge < -0.3 is 10.2 Å². The Labute approximate surface area is 141 Å². The number of nitrogens with one attached hydrogen (secondary N) is 1. The molecule has 2 aromatic rings. The van der Waals surface area contributed by atoms with Crippen LogP contribution in [0.5, 0.6) is 0 Å². The van der Waals surface area contributed by atoms with Crippen LogP contribution in [0, 0.1) is 18.3 Å². The third-order valence-corrected chi connectivity index (χ3v) is 3.73. The molecule has 2 amide bonds. The van der Waals surface area contributed by atoms with Crippen LogP contribution >= 0.6 is 0 Å². The maximum absolute atomic E-state index is 12.2. The molecule has 24 heavy (non-hydrogen) atoms. The van der Waals surface area contributed by atoms with Gasteiger partial charge in [0.1, 0.15) is 6.54 Å². The molecule has 0 saturated carbocycles. The first-order chi connectivity index (χ1) is 11.5. The number of anilines is 1. The van der Waals surface area contributed by atoms with Gasteiger partial charge in [0.15, 0.2) is 0 Å². The topological polar surface area (TPSA) is 73.2 Å². The number of carbonyl (C=O) groups is 2. The summed E-state index contributed by atoms with van der Waals surface area (Å²) in [7, 11) is 0. The molecule has 5 nitrogen and oxygen atoms in total. The molecule has 0 aliphatic rings. The predicted molar refractivity (Wildman–Crippen MR) is 92.2 cm³/mol. The summed E-state index contributed by atoms with van der Waals surface area (Å²) in [6.45, 7) is 3.75. The van der Waals surface area contributed by atoms with Crippen molar-refractivity contribution in [3.63, 3.8) is 0 Å². The van der Waals surface area contributed by atoms with Gasteiger partial charge in [-0.2, -0.15) is 5.26 Å². The standard InChI is InChI=1S/C19H19N3O2/c1-14-5-3-4-6-17(14)12-21-19(24)13-22(15(2)23)18-9-7-16(11-20)8-10-18/h3-10H,12-13H2,1-2H3,(H,21,24). The Balaban J connectivity index is 2.02. The molecule has 0 heterocycles. The fraction of sp³-hybridized carbons (Fsp3) is 0.211. The van der Waals surface area contributed by atoms with Crippen molar-refractivity contribution >= 4 is 17.5 Å². The molecule has 122 valence electrons. The summed E-state index contributed by atoms with van der Waals surface area (Å²) in [5, 5.41) is 11.7. The first-order valence-electron chi connectivity index (χ1n) is 7.60. The lowest BCUT2D eigenvalue weighted by Gasteiger charge is -2.21. The molecule has 0 aliphatic heterocycles. The van der Waals surface area contributed by atoms with Gasteiger partial charge in [0.2, 0.25) is 11.8 Å². The molecule has 0 aromatic heterocycles. The maximum atomic E-state index is 12.2. The summed E-state index contributed by atoms with van der Waals surface area (Å²) in [4.78, 5) is 25.4. The van der Waals surface area contributed by atoms with E-state index in [4.69, 9.17) is 5.26 Å². The molecule has 0 fully saturated rings. The number of carbonyl (C=O) groups excluding carboxylic acids is 2. The smallest absolute Gasteiger partial charge is 0.240 e. The Bertz CT molecular complexity index is 776. The van der Waals surface area contributed by atoms with Crippen molar-refractivity contribution in [1.29, 1.82) is 5.26 Å². The molecular formula is C19H19N3O2. The van der Waals surface area contributed by atoms with Gasteiger partial charge >= 0.3 is 0 Å². The molecule has 2 aromatic carbocycles. The van der Waals surface area contributed by atoms with E-state index in [9.17, 15) is 9.59 Å². The summed E-state index contributed by atoms with van der Waals surface area (Å²) in [5.74, 6) is -0.469. The minimum absolute atomic E-state index is 0.0624. The highest BCUT2D eigenvalue weighted by atomic mass is 16.2. The highest BCUT2D eigenvalue weighted by molar-refractivity contribution is 5.97. The normalized spacial score (nSPS) is 9.88. The second kappa shape index (κ2) is 7.93. The lowest BCUT2D eigenvalue weighted by Crippen LogP contribution is -2.39. The Morgan fingerprint density at radius 1 is 1.12 bits per heavy atom. The minimum atomic E-state index is -0.238. The lowest BCUT2D eigenvalue weighted by atomic mass is 10.1. The van der Waals surface area contributed by atoms with Gasteiger partial charge in [-0.25, -0.2) is 0 Å². The van der Waals surface area contributed by atoms with Crippen LogP contribution in [0.25, 0.3) is 0 Å². The monoisotopic (exact) mass is 321 g/mol.